The van der Waals surface area contributed by atoms with Gasteiger partial charge in [0.05, 0.1) is 11.7 Å². The zero-order chi connectivity index (χ0) is 14.5. The number of thiophene rings is 1. The van der Waals surface area contributed by atoms with E-state index in [-0.39, 0.29) is 17.7 Å². The fourth-order valence-electron chi connectivity index (χ4n) is 2.21. The molecular formula is C13H18N2O4S. The van der Waals surface area contributed by atoms with Crippen LogP contribution in [0, 0.1) is 0 Å². The third-order valence-electron chi connectivity index (χ3n) is 3.25. The molecule has 1 aromatic rings. The number of likely N-dealkylation sites (tertiary alicyclic amines) is 1. The predicted molar refractivity (Wildman–Crippen MR) is 76.5 cm³/mol. The van der Waals surface area contributed by atoms with E-state index in [1.165, 1.54) is 17.4 Å². The maximum absolute atomic E-state index is 12.1. The molecule has 1 fully saturated rings. The Morgan fingerprint density at radius 2 is 2.20 bits per heavy atom. The van der Waals surface area contributed by atoms with Gasteiger partial charge in [-0.15, -0.1) is 11.3 Å². The molecule has 7 heteroatoms. The minimum atomic E-state index is -1.03. The first-order chi connectivity index (χ1) is 9.61. The fraction of sp³-hybridized carbons (Fsp3) is 0.538. The molecule has 1 aromatic heterocycles. The quantitative estimate of drug-likeness (QED) is 0.895. The van der Waals surface area contributed by atoms with Gasteiger partial charge in [0.2, 0.25) is 0 Å². The van der Waals surface area contributed by atoms with Gasteiger partial charge < -0.3 is 14.7 Å². The number of amides is 2. The van der Waals surface area contributed by atoms with Crippen LogP contribution < -0.4 is 5.32 Å². The van der Waals surface area contributed by atoms with Gasteiger partial charge in [0, 0.05) is 19.7 Å². The van der Waals surface area contributed by atoms with Gasteiger partial charge >= 0.3 is 12.0 Å². The molecule has 2 heterocycles. The minimum absolute atomic E-state index is 0.132. The Morgan fingerprint density at radius 1 is 1.50 bits per heavy atom. The number of nitrogens with zero attached hydrogens (tertiary/aromatic N) is 1. The average molecular weight is 298 g/mol. The first kappa shape index (κ1) is 14.8. The van der Waals surface area contributed by atoms with Crippen LogP contribution in [0.5, 0.6) is 0 Å². The third-order valence-corrected chi connectivity index (χ3v) is 4.08. The Balaban J connectivity index is 1.90. The second kappa shape index (κ2) is 6.71. The maximum atomic E-state index is 12.1. The number of piperidine rings is 1. The van der Waals surface area contributed by atoms with Crippen LogP contribution in [0.4, 0.5) is 9.80 Å². The van der Waals surface area contributed by atoms with E-state index in [1.54, 1.807) is 10.3 Å². The Hall–Kier alpha value is -1.60. The molecule has 0 saturated carbocycles. The lowest BCUT2D eigenvalue weighted by Gasteiger charge is -2.31. The Bertz CT molecular complexity index is 480. The van der Waals surface area contributed by atoms with Crippen LogP contribution in [-0.2, 0) is 4.74 Å². The minimum Gasteiger partial charge on any atom is -0.478 e. The lowest BCUT2D eigenvalue weighted by molar-refractivity contribution is 0.0232. The zero-order valence-electron chi connectivity index (χ0n) is 11.3. The highest BCUT2D eigenvalue weighted by Crippen LogP contribution is 2.24. The van der Waals surface area contributed by atoms with Crippen molar-refractivity contribution < 1.29 is 19.4 Å². The number of carbonyl (C=O) groups is 2. The molecule has 20 heavy (non-hydrogen) atoms. The fourth-order valence-corrected chi connectivity index (χ4v) is 2.98. The third kappa shape index (κ3) is 3.49. The molecule has 0 aromatic carbocycles. The summed E-state index contributed by atoms with van der Waals surface area (Å²) >= 11 is 1.21. The van der Waals surface area contributed by atoms with Crippen LogP contribution in [0.25, 0.3) is 0 Å². The van der Waals surface area contributed by atoms with E-state index in [0.29, 0.717) is 24.7 Å². The summed E-state index contributed by atoms with van der Waals surface area (Å²) in [7, 11) is 0. The topological polar surface area (TPSA) is 78.9 Å². The number of carbonyl (C=O) groups excluding carboxylic acids is 1. The molecular weight excluding hydrogens is 280 g/mol. The van der Waals surface area contributed by atoms with Gasteiger partial charge in [0.1, 0.15) is 5.00 Å². The summed E-state index contributed by atoms with van der Waals surface area (Å²) in [5.74, 6) is -1.03. The predicted octanol–water partition coefficient (Wildman–Crippen LogP) is 2.48. The molecule has 0 spiro atoms. The summed E-state index contributed by atoms with van der Waals surface area (Å²) in [5, 5.41) is 13.7. The van der Waals surface area contributed by atoms with Crippen molar-refractivity contribution in [3.8, 4) is 0 Å². The van der Waals surface area contributed by atoms with Gasteiger partial charge in [-0.3, -0.25) is 5.32 Å². The normalized spacial score (nSPS) is 16.1. The SMILES string of the molecule is CCOC1CCN(C(=O)Nc2sccc2C(=O)O)CC1. The van der Waals surface area contributed by atoms with E-state index in [4.69, 9.17) is 9.84 Å². The first-order valence-electron chi connectivity index (χ1n) is 6.60. The van der Waals surface area contributed by atoms with E-state index in [9.17, 15) is 9.59 Å². The number of hydrogen-bond donors (Lipinski definition) is 2. The van der Waals surface area contributed by atoms with E-state index in [1.807, 2.05) is 6.92 Å². The molecule has 0 unspecified atom stereocenters. The van der Waals surface area contributed by atoms with Gasteiger partial charge in [0.15, 0.2) is 0 Å². The summed E-state index contributed by atoms with van der Waals surface area (Å²) in [5.41, 5.74) is 0.132. The van der Waals surface area contributed by atoms with Crippen LogP contribution in [0.15, 0.2) is 11.4 Å². The smallest absolute Gasteiger partial charge is 0.338 e. The number of aromatic carboxylic acids is 1. The number of ether oxygens (including phenoxy) is 1. The molecule has 6 nitrogen and oxygen atoms in total. The highest BCUT2D eigenvalue weighted by molar-refractivity contribution is 7.14. The molecule has 110 valence electrons. The average Bonchev–Trinajstić information content (AvgIpc) is 2.88. The number of rotatable bonds is 4. The molecule has 1 aliphatic heterocycles. The van der Waals surface area contributed by atoms with Crippen molar-refractivity contribution in [1.29, 1.82) is 0 Å². The zero-order valence-corrected chi connectivity index (χ0v) is 12.1. The van der Waals surface area contributed by atoms with Crippen LogP contribution >= 0.6 is 11.3 Å². The first-order valence-corrected chi connectivity index (χ1v) is 7.48. The second-order valence-corrected chi connectivity index (χ2v) is 5.46. The number of nitrogens with one attached hydrogen (secondary N) is 1. The summed E-state index contributed by atoms with van der Waals surface area (Å²) in [6.45, 7) is 3.91. The molecule has 0 atom stereocenters. The summed E-state index contributed by atoms with van der Waals surface area (Å²) in [6.07, 6.45) is 1.86. The lowest BCUT2D eigenvalue weighted by Crippen LogP contribution is -2.43. The van der Waals surface area contributed by atoms with Crippen molar-refractivity contribution in [2.45, 2.75) is 25.9 Å². The Labute approximate surface area is 121 Å². The van der Waals surface area contributed by atoms with Crippen molar-refractivity contribution in [3.63, 3.8) is 0 Å². The van der Waals surface area contributed by atoms with Crippen molar-refractivity contribution in [3.05, 3.63) is 17.0 Å². The molecule has 0 bridgehead atoms. The number of carboxylic acids is 1. The molecule has 2 amide bonds. The van der Waals surface area contributed by atoms with Crippen molar-refractivity contribution in [1.82, 2.24) is 4.90 Å². The standard InChI is InChI=1S/C13H18N2O4S/c1-2-19-9-3-6-15(7-4-9)13(18)14-11-10(12(16)17)5-8-20-11/h5,8-9H,2-4,6-7H2,1H3,(H,14,18)(H,16,17). The molecule has 1 aliphatic rings. The van der Waals surface area contributed by atoms with E-state index in [0.717, 1.165) is 12.8 Å². The van der Waals surface area contributed by atoms with Crippen LogP contribution in [0.2, 0.25) is 0 Å². The van der Waals surface area contributed by atoms with Crippen LogP contribution in [-0.4, -0.2) is 47.8 Å². The highest BCUT2D eigenvalue weighted by Gasteiger charge is 2.24. The largest absolute Gasteiger partial charge is 0.478 e. The van der Waals surface area contributed by atoms with Crippen LogP contribution in [0.3, 0.4) is 0 Å². The summed E-state index contributed by atoms with van der Waals surface area (Å²) < 4.78 is 5.53. The van der Waals surface area contributed by atoms with Gasteiger partial charge in [-0.2, -0.15) is 0 Å². The number of carboxylic acid groups (broad SMARTS) is 1. The lowest BCUT2D eigenvalue weighted by atomic mass is 10.1. The number of anilines is 1. The van der Waals surface area contributed by atoms with Crippen molar-refractivity contribution >= 4 is 28.3 Å². The monoisotopic (exact) mass is 298 g/mol. The van der Waals surface area contributed by atoms with Crippen molar-refractivity contribution in [2.75, 3.05) is 25.0 Å². The maximum Gasteiger partial charge on any atom is 0.338 e. The Morgan fingerprint density at radius 3 is 2.80 bits per heavy atom. The molecule has 1 saturated heterocycles. The van der Waals surface area contributed by atoms with Gasteiger partial charge in [0.25, 0.3) is 0 Å². The second-order valence-electron chi connectivity index (χ2n) is 4.54. The number of hydrogen-bond acceptors (Lipinski definition) is 4. The van der Waals surface area contributed by atoms with Crippen molar-refractivity contribution in [2.24, 2.45) is 0 Å². The molecule has 2 N–H and O–H groups in total. The van der Waals surface area contributed by atoms with E-state index < -0.39 is 5.97 Å². The summed E-state index contributed by atoms with van der Waals surface area (Å²) in [4.78, 5) is 24.8. The van der Waals surface area contributed by atoms with Gasteiger partial charge in [-0.25, -0.2) is 9.59 Å². The molecule has 2 rings (SSSR count). The number of urea groups is 1. The van der Waals surface area contributed by atoms with Crippen LogP contribution in [0.1, 0.15) is 30.1 Å². The molecule has 0 aliphatic carbocycles. The van der Waals surface area contributed by atoms with E-state index in [2.05, 4.69) is 5.32 Å². The Kier molecular flexibility index (Phi) is 4.97. The van der Waals surface area contributed by atoms with Gasteiger partial charge in [-0.1, -0.05) is 0 Å². The highest BCUT2D eigenvalue weighted by atomic mass is 32.1. The summed E-state index contributed by atoms with van der Waals surface area (Å²) in [6, 6.07) is 1.24. The van der Waals surface area contributed by atoms with Gasteiger partial charge in [-0.05, 0) is 31.2 Å². The molecule has 0 radical (unpaired) electrons. The van der Waals surface area contributed by atoms with E-state index >= 15 is 0 Å².